The summed E-state index contributed by atoms with van der Waals surface area (Å²) in [6.07, 6.45) is 36.7. The summed E-state index contributed by atoms with van der Waals surface area (Å²) in [5.41, 5.74) is 0. The lowest BCUT2D eigenvalue weighted by atomic mass is 9.85. The molecule has 13 nitrogen and oxygen atoms in total. The van der Waals surface area contributed by atoms with Crippen molar-refractivity contribution in [1.29, 1.82) is 0 Å². The molecule has 8 atom stereocenters. The summed E-state index contributed by atoms with van der Waals surface area (Å²) in [4.78, 5) is 35.8. The number of aliphatic hydroxyl groups is 5. The predicted molar refractivity (Wildman–Crippen MR) is 267 cm³/mol. The number of hydrogen-bond acceptors (Lipinski definition) is 12. The molecule has 14 heteroatoms. The fraction of sp³-hybridized carbons (Fsp3) is 0.887. The first kappa shape index (κ1) is 63.3. The first-order valence-electron chi connectivity index (χ1n) is 27.1. The van der Waals surface area contributed by atoms with E-state index in [-0.39, 0.29) is 12.8 Å². The van der Waals surface area contributed by atoms with Gasteiger partial charge in [0.1, 0.15) is 43.2 Å². The van der Waals surface area contributed by atoms with Gasteiger partial charge in [0.25, 0.3) is 0 Å². The van der Waals surface area contributed by atoms with Crippen LogP contribution in [0.2, 0.25) is 0 Å². The molecule has 394 valence electrons. The molecule has 0 aromatic heterocycles. The number of allylic oxidation sites excluding steroid dienone is 4. The van der Waals surface area contributed by atoms with Gasteiger partial charge in [0.2, 0.25) is 0 Å². The number of carbonyl (C=O) groups is 2. The molecular formula is C53H99O13P. The third-order valence-corrected chi connectivity index (χ3v) is 13.8. The van der Waals surface area contributed by atoms with Crippen molar-refractivity contribution in [1.82, 2.24) is 0 Å². The molecule has 67 heavy (non-hydrogen) atoms. The van der Waals surface area contributed by atoms with Gasteiger partial charge >= 0.3 is 19.8 Å². The number of hydrogen-bond donors (Lipinski definition) is 6. The van der Waals surface area contributed by atoms with Crippen molar-refractivity contribution in [3.8, 4) is 0 Å². The van der Waals surface area contributed by atoms with Crippen molar-refractivity contribution in [3.05, 3.63) is 24.3 Å². The molecule has 1 rings (SSSR count). The van der Waals surface area contributed by atoms with Crippen LogP contribution < -0.4 is 0 Å². The number of esters is 2. The van der Waals surface area contributed by atoms with Gasteiger partial charge in [0.15, 0.2) is 6.10 Å². The quantitative estimate of drug-likeness (QED) is 0.0145. The highest BCUT2D eigenvalue weighted by molar-refractivity contribution is 7.47. The van der Waals surface area contributed by atoms with Gasteiger partial charge in [-0.15, -0.1) is 0 Å². The number of rotatable bonds is 46. The first-order chi connectivity index (χ1) is 32.4. The number of phosphoric acid groups is 1. The average Bonchev–Trinajstić information content (AvgIpc) is 3.31. The number of aliphatic hydroxyl groups excluding tert-OH is 5. The molecule has 1 saturated carbocycles. The molecule has 6 N–H and O–H groups in total. The zero-order valence-electron chi connectivity index (χ0n) is 42.2. The SMILES string of the molecule is CCCCCCCC/C=C/CCCCCCCC(=O)O[C@@H](COC(=O)CCC/C=C/CCCCCCCCCCCCCCCCCCCC)COP(=O)(O)OC1C(O)C(O)C(O)[C@H](O)C1O. The molecule has 0 radical (unpaired) electrons. The Kier molecular flexibility index (Phi) is 40.8. The van der Waals surface area contributed by atoms with Crippen molar-refractivity contribution in [2.45, 2.75) is 288 Å². The van der Waals surface area contributed by atoms with E-state index in [2.05, 4.69) is 38.2 Å². The zero-order chi connectivity index (χ0) is 49.2. The Bertz CT molecular complexity index is 1270. The van der Waals surface area contributed by atoms with Crippen molar-refractivity contribution in [3.63, 3.8) is 0 Å². The predicted octanol–water partition coefficient (Wildman–Crippen LogP) is 12.0. The minimum atomic E-state index is -5.13. The summed E-state index contributed by atoms with van der Waals surface area (Å²) in [6, 6.07) is 0. The zero-order valence-corrected chi connectivity index (χ0v) is 43.1. The maximum atomic E-state index is 12.8. The van der Waals surface area contributed by atoms with Crippen LogP contribution in [-0.4, -0.2) is 98.3 Å². The second-order valence-electron chi connectivity index (χ2n) is 19.1. The van der Waals surface area contributed by atoms with Gasteiger partial charge in [0.05, 0.1) is 6.61 Å². The Labute approximate surface area is 406 Å². The maximum absolute atomic E-state index is 12.8. The summed E-state index contributed by atoms with van der Waals surface area (Å²) < 4.78 is 33.6. The van der Waals surface area contributed by atoms with Crippen LogP contribution in [-0.2, 0) is 32.7 Å². The van der Waals surface area contributed by atoms with E-state index in [1.165, 1.54) is 148 Å². The first-order valence-corrected chi connectivity index (χ1v) is 28.6. The highest BCUT2D eigenvalue weighted by Gasteiger charge is 2.51. The van der Waals surface area contributed by atoms with Crippen LogP contribution in [0, 0.1) is 0 Å². The second kappa shape index (κ2) is 43.1. The normalized spacial score (nSPS) is 21.3. The Balaban J connectivity index is 2.36. The third kappa shape index (κ3) is 35.1. The molecule has 0 bridgehead atoms. The van der Waals surface area contributed by atoms with Crippen LogP contribution in [0.15, 0.2) is 24.3 Å². The van der Waals surface area contributed by atoms with Gasteiger partial charge < -0.3 is 39.9 Å². The molecule has 0 aromatic rings. The number of unbranched alkanes of at least 4 members (excludes halogenated alkanes) is 30. The highest BCUT2D eigenvalue weighted by Crippen LogP contribution is 2.47. The summed E-state index contributed by atoms with van der Waals surface area (Å²) in [6.45, 7) is 3.30. The van der Waals surface area contributed by atoms with Crippen molar-refractivity contribution >= 4 is 19.8 Å². The summed E-state index contributed by atoms with van der Waals surface area (Å²) in [7, 11) is -5.13. The van der Waals surface area contributed by atoms with Crippen LogP contribution in [0.5, 0.6) is 0 Å². The molecule has 0 aliphatic heterocycles. The minimum absolute atomic E-state index is 0.0836. The summed E-state index contributed by atoms with van der Waals surface area (Å²) in [5.74, 6) is -1.14. The summed E-state index contributed by atoms with van der Waals surface area (Å²) >= 11 is 0. The smallest absolute Gasteiger partial charge is 0.462 e. The Hall–Kier alpha value is -1.67. The highest BCUT2D eigenvalue weighted by atomic mass is 31.2. The summed E-state index contributed by atoms with van der Waals surface area (Å²) in [5, 5.41) is 50.3. The van der Waals surface area contributed by atoms with Crippen LogP contribution in [0.25, 0.3) is 0 Å². The van der Waals surface area contributed by atoms with Gasteiger partial charge in [-0.1, -0.05) is 199 Å². The average molecular weight is 975 g/mol. The maximum Gasteiger partial charge on any atom is 0.472 e. The fourth-order valence-corrected chi connectivity index (χ4v) is 9.38. The standard InChI is InChI=1S/C53H99O13P/c1-3-5-7-9-11-13-15-17-19-20-21-22-23-24-25-26-28-29-31-33-35-37-39-41-46(54)63-43-45(44-64-67(61,62)66-53-51(59)49(57)48(56)50(58)52(53)60)65-47(55)42-40-38-36-34-32-30-27-18-16-14-12-10-8-6-4-2/h18,27,33,35,45,48-53,56-60H,3-17,19-26,28-32,34,36-44H2,1-2H3,(H,61,62)/b27-18+,35-33+/t45-,48?,49-,50?,51?,52?,53?/m0/s1. The van der Waals surface area contributed by atoms with E-state index in [1.54, 1.807) is 0 Å². The van der Waals surface area contributed by atoms with Crippen LogP contribution in [0.3, 0.4) is 0 Å². The van der Waals surface area contributed by atoms with Gasteiger partial charge in [-0.2, -0.15) is 0 Å². The van der Waals surface area contributed by atoms with E-state index in [1.807, 2.05) is 0 Å². The fourth-order valence-electron chi connectivity index (χ4n) is 8.41. The number of phosphoric ester groups is 1. The van der Waals surface area contributed by atoms with Crippen LogP contribution in [0.4, 0.5) is 0 Å². The molecule has 6 unspecified atom stereocenters. The minimum Gasteiger partial charge on any atom is -0.462 e. The lowest BCUT2D eigenvalue weighted by Gasteiger charge is -2.41. The van der Waals surface area contributed by atoms with E-state index in [0.717, 1.165) is 51.4 Å². The Morgan fingerprint density at radius 3 is 1.18 bits per heavy atom. The molecule has 1 aliphatic carbocycles. The number of ether oxygens (including phenoxy) is 2. The van der Waals surface area contributed by atoms with E-state index in [4.69, 9.17) is 18.5 Å². The molecule has 0 saturated heterocycles. The topological polar surface area (TPSA) is 210 Å². The monoisotopic (exact) mass is 975 g/mol. The van der Waals surface area contributed by atoms with Gasteiger partial charge in [-0.05, 0) is 57.8 Å². The lowest BCUT2D eigenvalue weighted by Crippen LogP contribution is -2.64. The molecular weight excluding hydrogens is 876 g/mol. The Morgan fingerprint density at radius 2 is 0.776 bits per heavy atom. The molecule has 0 amide bonds. The second-order valence-corrected chi connectivity index (χ2v) is 20.5. The molecule has 0 spiro atoms. The van der Waals surface area contributed by atoms with Crippen molar-refractivity contribution in [2.75, 3.05) is 13.2 Å². The van der Waals surface area contributed by atoms with Gasteiger partial charge in [0, 0.05) is 12.8 Å². The van der Waals surface area contributed by atoms with E-state index in [0.29, 0.717) is 19.3 Å². The molecule has 0 aromatic carbocycles. The third-order valence-electron chi connectivity index (χ3n) is 12.8. The van der Waals surface area contributed by atoms with Crippen LogP contribution >= 0.6 is 7.82 Å². The van der Waals surface area contributed by atoms with Crippen LogP contribution in [0.1, 0.15) is 245 Å². The van der Waals surface area contributed by atoms with E-state index in [9.17, 15) is 44.6 Å². The van der Waals surface area contributed by atoms with E-state index >= 15 is 0 Å². The van der Waals surface area contributed by atoms with Crippen molar-refractivity contribution in [2.24, 2.45) is 0 Å². The Morgan fingerprint density at radius 1 is 0.448 bits per heavy atom. The van der Waals surface area contributed by atoms with E-state index < -0.39 is 75.7 Å². The van der Waals surface area contributed by atoms with Gasteiger partial charge in [-0.25, -0.2) is 4.57 Å². The van der Waals surface area contributed by atoms with Crippen molar-refractivity contribution < 1.29 is 63.1 Å². The molecule has 0 heterocycles. The van der Waals surface area contributed by atoms with Gasteiger partial charge in [-0.3, -0.25) is 18.6 Å². The number of carbonyl (C=O) groups excluding carboxylic acids is 2. The lowest BCUT2D eigenvalue weighted by molar-refractivity contribution is -0.220. The molecule has 1 aliphatic rings. The molecule has 1 fully saturated rings. The largest absolute Gasteiger partial charge is 0.472 e.